The molecule has 0 aliphatic heterocycles. The van der Waals surface area contributed by atoms with Gasteiger partial charge >= 0.3 is 6.18 Å². The Labute approximate surface area is 117 Å². The first kappa shape index (κ1) is 15.4. The molecular formula is C11H10F3N3O3S. The molecule has 2 aromatic heterocycles. The van der Waals surface area contributed by atoms with Gasteiger partial charge in [0.15, 0.2) is 5.82 Å². The van der Waals surface area contributed by atoms with Crippen LogP contribution >= 0.6 is 0 Å². The Morgan fingerprint density at radius 2 is 2.05 bits per heavy atom. The minimum Gasteiger partial charge on any atom is -0.334 e. The van der Waals surface area contributed by atoms with Crippen LogP contribution in [0.4, 0.5) is 13.2 Å². The lowest BCUT2D eigenvalue weighted by molar-refractivity contribution is -0.137. The first-order valence-corrected chi connectivity index (χ1v) is 7.75. The van der Waals surface area contributed by atoms with Gasteiger partial charge in [0.05, 0.1) is 16.9 Å². The standard InChI is InChI=1S/C11H10F3N3O3S/c1-21(18,19)5-3-9-16-10(20-17-9)7-6-15-4-2-8(7)11(12,13)14/h2,4,6H,3,5H2,1H3. The summed E-state index contributed by atoms with van der Waals surface area (Å²) in [4.78, 5) is 7.38. The van der Waals surface area contributed by atoms with Gasteiger partial charge in [0, 0.05) is 25.1 Å². The van der Waals surface area contributed by atoms with Crippen LogP contribution in [0.5, 0.6) is 0 Å². The summed E-state index contributed by atoms with van der Waals surface area (Å²) in [5.41, 5.74) is -1.29. The molecule has 2 aromatic rings. The predicted molar refractivity (Wildman–Crippen MR) is 65.9 cm³/mol. The van der Waals surface area contributed by atoms with E-state index in [0.717, 1.165) is 24.7 Å². The van der Waals surface area contributed by atoms with E-state index in [4.69, 9.17) is 4.52 Å². The van der Waals surface area contributed by atoms with E-state index in [1.807, 2.05) is 0 Å². The zero-order valence-corrected chi connectivity index (χ0v) is 11.6. The van der Waals surface area contributed by atoms with Gasteiger partial charge in [-0.25, -0.2) is 8.42 Å². The van der Waals surface area contributed by atoms with Crippen LogP contribution in [0.3, 0.4) is 0 Å². The predicted octanol–water partition coefficient (Wildman–Crippen LogP) is 1.74. The Morgan fingerprint density at radius 3 is 2.67 bits per heavy atom. The number of sulfone groups is 1. The van der Waals surface area contributed by atoms with Crippen molar-refractivity contribution < 1.29 is 26.1 Å². The minimum atomic E-state index is -4.58. The van der Waals surface area contributed by atoms with Crippen LogP contribution in [0.2, 0.25) is 0 Å². The Balaban J connectivity index is 2.30. The van der Waals surface area contributed by atoms with Gasteiger partial charge in [-0.3, -0.25) is 4.98 Å². The molecular weight excluding hydrogens is 311 g/mol. The van der Waals surface area contributed by atoms with Gasteiger partial charge in [0.25, 0.3) is 5.89 Å². The molecule has 0 aliphatic carbocycles. The second-order valence-electron chi connectivity index (χ2n) is 4.31. The number of pyridine rings is 1. The quantitative estimate of drug-likeness (QED) is 0.852. The molecule has 0 aromatic carbocycles. The molecule has 21 heavy (non-hydrogen) atoms. The third-order valence-corrected chi connectivity index (χ3v) is 3.47. The number of aryl methyl sites for hydroxylation is 1. The van der Waals surface area contributed by atoms with E-state index in [0.29, 0.717) is 0 Å². The average molecular weight is 321 g/mol. The molecule has 114 valence electrons. The van der Waals surface area contributed by atoms with Crippen molar-refractivity contribution in [2.24, 2.45) is 0 Å². The normalized spacial score (nSPS) is 12.6. The third kappa shape index (κ3) is 4.00. The van der Waals surface area contributed by atoms with Crippen molar-refractivity contribution in [3.05, 3.63) is 29.8 Å². The van der Waals surface area contributed by atoms with E-state index >= 15 is 0 Å². The molecule has 2 rings (SSSR count). The SMILES string of the molecule is CS(=O)(=O)CCc1noc(-c2cnccc2C(F)(F)F)n1. The molecule has 0 unspecified atom stereocenters. The first-order valence-electron chi connectivity index (χ1n) is 5.69. The van der Waals surface area contributed by atoms with Crippen LogP contribution in [-0.4, -0.2) is 35.6 Å². The highest BCUT2D eigenvalue weighted by molar-refractivity contribution is 7.90. The molecule has 6 nitrogen and oxygen atoms in total. The van der Waals surface area contributed by atoms with Gasteiger partial charge in [-0.1, -0.05) is 5.16 Å². The summed E-state index contributed by atoms with van der Waals surface area (Å²) in [5, 5.41) is 3.47. The van der Waals surface area contributed by atoms with E-state index in [-0.39, 0.29) is 29.5 Å². The number of aromatic nitrogens is 3. The Kier molecular flexibility index (Phi) is 3.99. The second-order valence-corrected chi connectivity index (χ2v) is 6.57. The lowest BCUT2D eigenvalue weighted by Gasteiger charge is -2.08. The molecule has 10 heteroatoms. The average Bonchev–Trinajstić information content (AvgIpc) is 2.83. The zero-order valence-electron chi connectivity index (χ0n) is 10.8. The highest BCUT2D eigenvalue weighted by Gasteiger charge is 2.35. The van der Waals surface area contributed by atoms with Crippen LogP contribution in [-0.2, 0) is 22.4 Å². The summed E-state index contributed by atoms with van der Waals surface area (Å²) in [6.45, 7) is 0. The number of hydrogen-bond donors (Lipinski definition) is 0. The number of nitrogens with zero attached hydrogens (tertiary/aromatic N) is 3. The van der Waals surface area contributed by atoms with Gasteiger partial charge in [0.1, 0.15) is 9.84 Å². The molecule has 0 saturated heterocycles. The molecule has 0 bridgehead atoms. The molecule has 0 N–H and O–H groups in total. The lowest BCUT2D eigenvalue weighted by Crippen LogP contribution is -2.08. The molecule has 0 atom stereocenters. The highest BCUT2D eigenvalue weighted by atomic mass is 32.2. The largest absolute Gasteiger partial charge is 0.417 e. The summed E-state index contributed by atoms with van der Waals surface area (Å²) in [7, 11) is -3.22. The topological polar surface area (TPSA) is 86.0 Å². The van der Waals surface area contributed by atoms with Gasteiger partial charge < -0.3 is 4.52 Å². The second kappa shape index (κ2) is 5.43. The van der Waals surface area contributed by atoms with Crippen molar-refractivity contribution in [2.45, 2.75) is 12.6 Å². The van der Waals surface area contributed by atoms with Crippen LogP contribution in [0.1, 0.15) is 11.4 Å². The summed E-state index contributed by atoms with van der Waals surface area (Å²) in [5.74, 6) is -0.545. The fourth-order valence-electron chi connectivity index (χ4n) is 1.55. The maximum absolute atomic E-state index is 12.8. The number of halogens is 3. The Hall–Kier alpha value is -1.97. The molecule has 0 radical (unpaired) electrons. The lowest BCUT2D eigenvalue weighted by atomic mass is 10.1. The van der Waals surface area contributed by atoms with Gasteiger partial charge in [-0.05, 0) is 6.07 Å². The third-order valence-electron chi connectivity index (χ3n) is 2.52. The molecule has 0 aliphatic rings. The number of hydrogen-bond acceptors (Lipinski definition) is 6. The van der Waals surface area contributed by atoms with Crippen LogP contribution in [0, 0.1) is 0 Å². The maximum atomic E-state index is 12.8. The minimum absolute atomic E-state index is 0.0207. The fraction of sp³-hybridized carbons (Fsp3) is 0.364. The van der Waals surface area contributed by atoms with Crippen LogP contribution in [0.15, 0.2) is 23.0 Å². The smallest absolute Gasteiger partial charge is 0.334 e. The van der Waals surface area contributed by atoms with Crippen molar-refractivity contribution in [1.82, 2.24) is 15.1 Å². The van der Waals surface area contributed by atoms with Crippen molar-refractivity contribution in [1.29, 1.82) is 0 Å². The van der Waals surface area contributed by atoms with Crippen molar-refractivity contribution in [3.63, 3.8) is 0 Å². The molecule has 0 amide bonds. The van der Waals surface area contributed by atoms with Gasteiger partial charge in [0.2, 0.25) is 0 Å². The highest BCUT2D eigenvalue weighted by Crippen LogP contribution is 2.35. The van der Waals surface area contributed by atoms with Crippen molar-refractivity contribution in [2.75, 3.05) is 12.0 Å². The molecule has 0 spiro atoms. The van der Waals surface area contributed by atoms with E-state index in [9.17, 15) is 21.6 Å². The Morgan fingerprint density at radius 1 is 1.33 bits per heavy atom. The van der Waals surface area contributed by atoms with E-state index in [2.05, 4.69) is 15.1 Å². The van der Waals surface area contributed by atoms with Crippen molar-refractivity contribution in [3.8, 4) is 11.5 Å². The maximum Gasteiger partial charge on any atom is 0.417 e. The van der Waals surface area contributed by atoms with Crippen molar-refractivity contribution >= 4 is 9.84 Å². The van der Waals surface area contributed by atoms with E-state index < -0.39 is 21.6 Å². The number of rotatable bonds is 4. The summed E-state index contributed by atoms with van der Waals surface area (Å²) >= 11 is 0. The summed E-state index contributed by atoms with van der Waals surface area (Å²) in [6.07, 6.45) is -1.61. The molecule has 2 heterocycles. The van der Waals surface area contributed by atoms with E-state index in [1.165, 1.54) is 0 Å². The van der Waals surface area contributed by atoms with E-state index in [1.54, 1.807) is 0 Å². The van der Waals surface area contributed by atoms with Gasteiger partial charge in [-0.15, -0.1) is 0 Å². The van der Waals surface area contributed by atoms with Crippen LogP contribution in [0.25, 0.3) is 11.5 Å². The monoisotopic (exact) mass is 321 g/mol. The van der Waals surface area contributed by atoms with Gasteiger partial charge in [-0.2, -0.15) is 18.2 Å². The number of alkyl halides is 3. The Bertz CT molecular complexity index is 740. The fourth-order valence-corrected chi connectivity index (χ4v) is 2.11. The zero-order chi connectivity index (χ0) is 15.7. The summed E-state index contributed by atoms with van der Waals surface area (Å²) < 4.78 is 65.3. The summed E-state index contributed by atoms with van der Waals surface area (Å²) in [6, 6.07) is 0.801. The van der Waals surface area contributed by atoms with Crippen LogP contribution < -0.4 is 0 Å². The first-order chi connectivity index (χ1) is 9.67. The molecule has 0 saturated carbocycles. The molecule has 0 fully saturated rings.